The van der Waals surface area contributed by atoms with Gasteiger partial charge in [0.1, 0.15) is 23.0 Å². The highest BCUT2D eigenvalue weighted by molar-refractivity contribution is 5.97. The minimum atomic E-state index is -1.12. The Labute approximate surface area is 155 Å². The van der Waals surface area contributed by atoms with E-state index in [1.807, 2.05) is 30.3 Å². The van der Waals surface area contributed by atoms with Gasteiger partial charge in [0.25, 0.3) is 0 Å². The van der Waals surface area contributed by atoms with Gasteiger partial charge in [0, 0.05) is 28.3 Å². The van der Waals surface area contributed by atoms with Gasteiger partial charge < -0.3 is 19.3 Å². The number of phenolic OH excluding ortho intramolecular Hbond substituents is 1. The van der Waals surface area contributed by atoms with Crippen molar-refractivity contribution >= 4 is 5.97 Å². The van der Waals surface area contributed by atoms with E-state index in [-0.39, 0.29) is 11.7 Å². The number of rotatable bonds is 1. The SMILES string of the molecule is COc1ccc2c(c1)Oc1c(ccc(O)c1C)C21OC(=O)c2ccccc21. The maximum Gasteiger partial charge on any atom is 0.340 e. The van der Waals surface area contributed by atoms with Gasteiger partial charge in [-0.1, -0.05) is 18.2 Å². The molecule has 0 amide bonds. The predicted molar refractivity (Wildman–Crippen MR) is 97.7 cm³/mol. The molecule has 5 rings (SSSR count). The third-order valence-corrected chi connectivity index (χ3v) is 5.31. The van der Waals surface area contributed by atoms with Gasteiger partial charge in [-0.25, -0.2) is 4.79 Å². The van der Waals surface area contributed by atoms with E-state index in [1.165, 1.54) is 0 Å². The molecule has 5 heteroatoms. The van der Waals surface area contributed by atoms with E-state index in [0.29, 0.717) is 33.9 Å². The molecule has 1 spiro atoms. The molecule has 2 heterocycles. The predicted octanol–water partition coefficient (Wildman–Crippen LogP) is 4.28. The van der Waals surface area contributed by atoms with Crippen LogP contribution in [0.15, 0.2) is 54.6 Å². The molecule has 0 saturated carbocycles. The standard InChI is InChI=1S/C22H16O5/c1-12-18(23)10-9-17-20(12)26-19-11-13(25-2)7-8-16(19)22(17)15-6-4-3-5-14(15)21(24)27-22/h3-11,23H,1-2H3. The fourth-order valence-electron chi connectivity index (χ4n) is 3.97. The van der Waals surface area contributed by atoms with E-state index in [0.717, 1.165) is 11.1 Å². The average molecular weight is 360 g/mol. The third-order valence-electron chi connectivity index (χ3n) is 5.31. The van der Waals surface area contributed by atoms with Crippen LogP contribution in [0.4, 0.5) is 0 Å². The summed E-state index contributed by atoms with van der Waals surface area (Å²) < 4.78 is 17.5. The summed E-state index contributed by atoms with van der Waals surface area (Å²) in [5.74, 6) is 1.38. The van der Waals surface area contributed by atoms with E-state index in [2.05, 4.69) is 0 Å². The largest absolute Gasteiger partial charge is 0.508 e. The van der Waals surface area contributed by atoms with Crippen molar-refractivity contribution in [3.05, 3.63) is 82.4 Å². The minimum Gasteiger partial charge on any atom is -0.508 e. The Balaban J connectivity index is 1.91. The first-order valence-electron chi connectivity index (χ1n) is 8.58. The molecule has 5 nitrogen and oxygen atoms in total. The van der Waals surface area contributed by atoms with Crippen LogP contribution in [0.3, 0.4) is 0 Å². The molecule has 0 aliphatic carbocycles. The number of ether oxygens (including phenoxy) is 3. The average Bonchev–Trinajstić information content (AvgIpc) is 2.98. The molecule has 3 aromatic rings. The van der Waals surface area contributed by atoms with Crippen molar-refractivity contribution in [1.82, 2.24) is 0 Å². The van der Waals surface area contributed by atoms with E-state index < -0.39 is 5.60 Å². The summed E-state index contributed by atoms with van der Waals surface area (Å²) >= 11 is 0. The van der Waals surface area contributed by atoms with Crippen molar-refractivity contribution in [2.75, 3.05) is 7.11 Å². The second-order valence-electron chi connectivity index (χ2n) is 6.67. The molecule has 0 bridgehead atoms. The molecule has 0 aromatic heterocycles. The van der Waals surface area contributed by atoms with Crippen molar-refractivity contribution < 1.29 is 24.1 Å². The highest BCUT2D eigenvalue weighted by Gasteiger charge is 2.53. The molecule has 2 aliphatic heterocycles. The summed E-state index contributed by atoms with van der Waals surface area (Å²) in [4.78, 5) is 12.7. The lowest BCUT2D eigenvalue weighted by Gasteiger charge is -2.37. The van der Waals surface area contributed by atoms with Crippen LogP contribution in [-0.2, 0) is 10.3 Å². The van der Waals surface area contributed by atoms with Crippen molar-refractivity contribution in [2.45, 2.75) is 12.5 Å². The number of hydrogen-bond donors (Lipinski definition) is 1. The highest BCUT2D eigenvalue weighted by Crippen LogP contribution is 2.57. The van der Waals surface area contributed by atoms with Gasteiger partial charge in [-0.15, -0.1) is 0 Å². The first-order valence-corrected chi connectivity index (χ1v) is 8.58. The van der Waals surface area contributed by atoms with Crippen LogP contribution >= 0.6 is 0 Å². The van der Waals surface area contributed by atoms with E-state index in [4.69, 9.17) is 14.2 Å². The van der Waals surface area contributed by atoms with Crippen LogP contribution in [0.2, 0.25) is 0 Å². The number of carbonyl (C=O) groups is 1. The van der Waals surface area contributed by atoms with E-state index >= 15 is 0 Å². The molecule has 1 unspecified atom stereocenters. The zero-order valence-corrected chi connectivity index (χ0v) is 14.8. The summed E-state index contributed by atoms with van der Waals surface area (Å²) in [7, 11) is 1.58. The lowest BCUT2D eigenvalue weighted by atomic mass is 9.77. The molecule has 134 valence electrons. The van der Waals surface area contributed by atoms with Crippen molar-refractivity contribution in [2.24, 2.45) is 0 Å². The van der Waals surface area contributed by atoms with Crippen LogP contribution in [0.1, 0.15) is 32.6 Å². The second kappa shape index (κ2) is 5.27. The van der Waals surface area contributed by atoms with Crippen molar-refractivity contribution in [3.8, 4) is 23.0 Å². The van der Waals surface area contributed by atoms with Crippen LogP contribution in [0.25, 0.3) is 0 Å². The Morgan fingerprint density at radius 3 is 2.59 bits per heavy atom. The van der Waals surface area contributed by atoms with Crippen LogP contribution in [0, 0.1) is 6.92 Å². The molecular formula is C22H16O5. The minimum absolute atomic E-state index is 0.118. The highest BCUT2D eigenvalue weighted by atomic mass is 16.6. The first-order chi connectivity index (χ1) is 13.1. The number of fused-ring (bicyclic) bond motifs is 6. The summed E-state index contributed by atoms with van der Waals surface area (Å²) in [6, 6.07) is 16.1. The molecule has 0 radical (unpaired) electrons. The lowest BCUT2D eigenvalue weighted by Crippen LogP contribution is -2.33. The maximum atomic E-state index is 12.7. The monoisotopic (exact) mass is 360 g/mol. The van der Waals surface area contributed by atoms with Gasteiger partial charge in [-0.2, -0.15) is 0 Å². The van der Waals surface area contributed by atoms with Gasteiger partial charge in [-0.3, -0.25) is 0 Å². The van der Waals surface area contributed by atoms with E-state index in [9.17, 15) is 9.90 Å². The van der Waals surface area contributed by atoms with Gasteiger partial charge in [0.05, 0.1) is 12.7 Å². The molecule has 1 atom stereocenters. The number of aromatic hydroxyl groups is 1. The summed E-state index contributed by atoms with van der Waals surface area (Å²) in [5.41, 5.74) is 2.16. The molecule has 0 fully saturated rings. The molecule has 2 aliphatic rings. The van der Waals surface area contributed by atoms with Crippen molar-refractivity contribution in [3.63, 3.8) is 0 Å². The lowest BCUT2D eigenvalue weighted by molar-refractivity contribution is 0.0223. The summed E-state index contributed by atoms with van der Waals surface area (Å²) in [5, 5.41) is 10.2. The van der Waals surface area contributed by atoms with Gasteiger partial charge in [0.2, 0.25) is 0 Å². The number of carbonyl (C=O) groups excluding carboxylic acids is 1. The number of phenols is 1. The fourth-order valence-corrected chi connectivity index (χ4v) is 3.97. The number of esters is 1. The quantitative estimate of drug-likeness (QED) is 0.656. The Hall–Kier alpha value is -3.47. The zero-order chi connectivity index (χ0) is 18.8. The molecule has 27 heavy (non-hydrogen) atoms. The van der Waals surface area contributed by atoms with Crippen LogP contribution in [-0.4, -0.2) is 18.2 Å². The normalized spacial score (nSPS) is 19.0. The Morgan fingerprint density at radius 2 is 1.78 bits per heavy atom. The maximum absolute atomic E-state index is 12.7. The zero-order valence-electron chi connectivity index (χ0n) is 14.8. The van der Waals surface area contributed by atoms with Gasteiger partial charge in [0.15, 0.2) is 5.60 Å². The molecule has 1 N–H and O–H groups in total. The Morgan fingerprint density at radius 1 is 1.00 bits per heavy atom. The molecular weight excluding hydrogens is 344 g/mol. The summed E-state index contributed by atoms with van der Waals surface area (Å²) in [6.45, 7) is 1.77. The van der Waals surface area contributed by atoms with Gasteiger partial charge >= 0.3 is 5.97 Å². The number of hydrogen-bond acceptors (Lipinski definition) is 5. The second-order valence-corrected chi connectivity index (χ2v) is 6.67. The smallest absolute Gasteiger partial charge is 0.340 e. The number of benzene rings is 3. The first kappa shape index (κ1) is 15.8. The summed E-state index contributed by atoms with van der Waals surface area (Å²) in [6.07, 6.45) is 0. The van der Waals surface area contributed by atoms with Crippen LogP contribution < -0.4 is 9.47 Å². The molecule has 0 saturated heterocycles. The van der Waals surface area contributed by atoms with Crippen LogP contribution in [0.5, 0.6) is 23.0 Å². The third kappa shape index (κ3) is 1.91. The van der Waals surface area contributed by atoms with Crippen molar-refractivity contribution in [1.29, 1.82) is 0 Å². The van der Waals surface area contributed by atoms with E-state index in [1.54, 1.807) is 38.3 Å². The fraction of sp³-hybridized carbons (Fsp3) is 0.136. The topological polar surface area (TPSA) is 65.0 Å². The Bertz CT molecular complexity index is 1120. The molecule has 3 aromatic carbocycles. The number of methoxy groups -OCH3 is 1. The Kier molecular flexibility index (Phi) is 3.07. The van der Waals surface area contributed by atoms with Gasteiger partial charge in [-0.05, 0) is 37.3 Å².